The number of nitrogens with zero attached hydrogens (tertiary/aromatic N) is 2. The Morgan fingerprint density at radius 3 is 2.37 bits per heavy atom. The molecule has 1 aromatic heterocycles. The number of ether oxygens (including phenoxy) is 2. The van der Waals surface area contributed by atoms with Gasteiger partial charge in [0.05, 0.1) is 17.7 Å². The molecule has 2 heterocycles. The van der Waals surface area contributed by atoms with E-state index in [4.69, 9.17) is 9.47 Å². The Morgan fingerprint density at radius 1 is 1.03 bits per heavy atom. The summed E-state index contributed by atoms with van der Waals surface area (Å²) in [7, 11) is 0. The van der Waals surface area contributed by atoms with Gasteiger partial charge in [0.15, 0.2) is 5.69 Å². The topological polar surface area (TPSA) is 85.8 Å². The van der Waals surface area contributed by atoms with Crippen LogP contribution in [0.3, 0.4) is 0 Å². The van der Waals surface area contributed by atoms with E-state index in [9.17, 15) is 14.4 Å². The molecule has 0 spiro atoms. The smallest absolute Gasteiger partial charge is 0.357 e. The van der Waals surface area contributed by atoms with E-state index in [-0.39, 0.29) is 37.3 Å². The highest BCUT2D eigenvalue weighted by Gasteiger charge is 2.34. The summed E-state index contributed by atoms with van der Waals surface area (Å²) in [6, 6.07) is 14.3. The first-order valence-corrected chi connectivity index (χ1v) is 10.2. The molecule has 0 saturated heterocycles. The van der Waals surface area contributed by atoms with E-state index in [1.54, 1.807) is 29.6 Å². The average Bonchev–Trinajstić information content (AvgIpc) is 3.33. The van der Waals surface area contributed by atoms with Gasteiger partial charge in [-0.1, -0.05) is 29.8 Å². The lowest BCUT2D eigenvalue weighted by Gasteiger charge is -2.13. The van der Waals surface area contributed by atoms with Crippen molar-refractivity contribution in [1.29, 1.82) is 0 Å². The first-order chi connectivity index (χ1) is 14.5. The van der Waals surface area contributed by atoms with E-state index in [2.05, 4.69) is 4.98 Å². The van der Waals surface area contributed by atoms with Gasteiger partial charge in [0.1, 0.15) is 24.0 Å². The van der Waals surface area contributed by atoms with Gasteiger partial charge >= 0.3 is 5.97 Å². The van der Waals surface area contributed by atoms with E-state index in [1.165, 1.54) is 11.3 Å². The molecular weight excluding hydrogens is 404 g/mol. The predicted molar refractivity (Wildman–Crippen MR) is 110 cm³/mol. The van der Waals surface area contributed by atoms with Crippen LogP contribution in [0.2, 0.25) is 0 Å². The fraction of sp³-hybridized carbons (Fsp3) is 0.182. The Hall–Kier alpha value is -3.52. The Labute approximate surface area is 176 Å². The summed E-state index contributed by atoms with van der Waals surface area (Å²) >= 11 is 1.30. The standard InChI is InChI=1S/C22H18N2O5S/c1-14-6-8-15(9-7-14)29-12-19-23-18(13-30-19)22(27)28-11-10-24-20(25)16-4-2-3-5-17(16)21(24)26/h2-9,13H,10-12H2,1H3. The van der Waals surface area contributed by atoms with Crippen LogP contribution < -0.4 is 4.74 Å². The fourth-order valence-electron chi connectivity index (χ4n) is 3.00. The van der Waals surface area contributed by atoms with Gasteiger partial charge in [-0.05, 0) is 31.2 Å². The number of hydrogen-bond acceptors (Lipinski definition) is 7. The van der Waals surface area contributed by atoms with Crippen LogP contribution in [0.15, 0.2) is 53.9 Å². The van der Waals surface area contributed by atoms with Gasteiger partial charge in [0, 0.05) is 5.38 Å². The van der Waals surface area contributed by atoms with Gasteiger partial charge in [0.2, 0.25) is 0 Å². The lowest BCUT2D eigenvalue weighted by Crippen LogP contribution is -2.33. The minimum absolute atomic E-state index is 0.00832. The van der Waals surface area contributed by atoms with E-state index < -0.39 is 5.97 Å². The molecule has 0 saturated carbocycles. The molecule has 8 heteroatoms. The van der Waals surface area contributed by atoms with Gasteiger partial charge in [-0.3, -0.25) is 14.5 Å². The van der Waals surface area contributed by atoms with Crippen molar-refractivity contribution in [3.63, 3.8) is 0 Å². The largest absolute Gasteiger partial charge is 0.486 e. The molecule has 3 aromatic rings. The second-order valence-electron chi connectivity index (χ2n) is 6.67. The molecule has 4 rings (SSSR count). The molecule has 1 aliphatic rings. The number of fused-ring (bicyclic) bond motifs is 1. The third-order valence-corrected chi connectivity index (χ3v) is 5.39. The lowest BCUT2D eigenvalue weighted by molar-refractivity contribution is 0.0416. The van der Waals surface area contributed by atoms with Gasteiger partial charge in [-0.25, -0.2) is 9.78 Å². The van der Waals surface area contributed by atoms with Gasteiger partial charge in [-0.2, -0.15) is 0 Å². The maximum Gasteiger partial charge on any atom is 0.357 e. The van der Waals surface area contributed by atoms with Crippen LogP contribution in [0.5, 0.6) is 5.75 Å². The number of hydrogen-bond donors (Lipinski definition) is 0. The van der Waals surface area contributed by atoms with Crippen molar-refractivity contribution in [1.82, 2.24) is 9.88 Å². The van der Waals surface area contributed by atoms with Crippen molar-refractivity contribution in [2.24, 2.45) is 0 Å². The summed E-state index contributed by atoms with van der Waals surface area (Å²) in [5.41, 5.74) is 2.05. The van der Waals surface area contributed by atoms with Crippen LogP contribution in [0.4, 0.5) is 0 Å². The Morgan fingerprint density at radius 2 is 1.70 bits per heavy atom. The third-order valence-electron chi connectivity index (χ3n) is 4.57. The van der Waals surface area contributed by atoms with Crippen molar-refractivity contribution < 1.29 is 23.9 Å². The summed E-state index contributed by atoms with van der Waals surface area (Å²) in [5, 5.41) is 2.24. The quantitative estimate of drug-likeness (QED) is 0.428. The van der Waals surface area contributed by atoms with Crippen LogP contribution in [-0.2, 0) is 11.3 Å². The monoisotopic (exact) mass is 422 g/mol. The molecule has 0 unspecified atom stereocenters. The van der Waals surface area contributed by atoms with Crippen molar-refractivity contribution in [2.75, 3.05) is 13.2 Å². The fourth-order valence-corrected chi connectivity index (χ4v) is 3.67. The molecule has 30 heavy (non-hydrogen) atoms. The number of rotatable bonds is 7. The summed E-state index contributed by atoms with van der Waals surface area (Å²) in [5.74, 6) is -0.642. The van der Waals surface area contributed by atoms with Crippen LogP contribution >= 0.6 is 11.3 Å². The SMILES string of the molecule is Cc1ccc(OCc2nc(C(=O)OCCN3C(=O)c4ccccc4C3=O)cs2)cc1. The maximum absolute atomic E-state index is 12.3. The van der Waals surface area contributed by atoms with Gasteiger partial charge in [0.25, 0.3) is 11.8 Å². The van der Waals surface area contributed by atoms with Crippen molar-refractivity contribution >= 4 is 29.1 Å². The molecule has 152 valence electrons. The van der Waals surface area contributed by atoms with Crippen molar-refractivity contribution in [3.8, 4) is 5.75 Å². The number of imide groups is 1. The zero-order valence-corrected chi connectivity index (χ0v) is 17.0. The summed E-state index contributed by atoms with van der Waals surface area (Å²) in [6.07, 6.45) is 0. The number of thiazole rings is 1. The van der Waals surface area contributed by atoms with Crippen molar-refractivity contribution in [3.05, 3.63) is 81.3 Å². The molecule has 0 radical (unpaired) electrons. The number of aryl methyl sites for hydroxylation is 1. The van der Waals surface area contributed by atoms with E-state index in [0.29, 0.717) is 16.1 Å². The Kier molecular flexibility index (Phi) is 5.58. The molecule has 2 aromatic carbocycles. The van der Waals surface area contributed by atoms with Crippen molar-refractivity contribution in [2.45, 2.75) is 13.5 Å². The highest BCUT2D eigenvalue weighted by atomic mass is 32.1. The minimum Gasteiger partial charge on any atom is -0.486 e. The third kappa shape index (κ3) is 4.08. The molecule has 2 amide bonds. The van der Waals surface area contributed by atoms with E-state index >= 15 is 0 Å². The Balaban J connectivity index is 1.27. The molecule has 0 aliphatic carbocycles. The number of carbonyl (C=O) groups excluding carboxylic acids is 3. The van der Waals surface area contributed by atoms with E-state index in [1.807, 2.05) is 31.2 Å². The maximum atomic E-state index is 12.3. The zero-order valence-electron chi connectivity index (χ0n) is 16.2. The molecule has 0 N–H and O–H groups in total. The normalized spacial score (nSPS) is 12.8. The first-order valence-electron chi connectivity index (χ1n) is 9.29. The van der Waals surface area contributed by atoms with Crippen LogP contribution in [0.1, 0.15) is 41.8 Å². The lowest BCUT2D eigenvalue weighted by atomic mass is 10.1. The summed E-state index contributed by atoms with van der Waals surface area (Å²) in [6.45, 7) is 2.13. The second-order valence-corrected chi connectivity index (χ2v) is 7.61. The number of esters is 1. The number of carbonyl (C=O) groups is 3. The summed E-state index contributed by atoms with van der Waals surface area (Å²) < 4.78 is 10.9. The molecule has 0 atom stereocenters. The summed E-state index contributed by atoms with van der Waals surface area (Å²) in [4.78, 5) is 42.1. The van der Waals surface area contributed by atoms with Crippen LogP contribution in [-0.4, -0.2) is 40.8 Å². The molecule has 1 aliphatic heterocycles. The Bertz CT molecular complexity index is 1070. The predicted octanol–water partition coefficient (Wildman–Crippen LogP) is 3.48. The van der Waals surface area contributed by atoms with Gasteiger partial charge < -0.3 is 9.47 Å². The second kappa shape index (κ2) is 8.46. The first kappa shape index (κ1) is 19.8. The van der Waals surface area contributed by atoms with Crippen LogP contribution in [0, 0.1) is 6.92 Å². The molecule has 0 fully saturated rings. The molecule has 7 nitrogen and oxygen atoms in total. The number of aromatic nitrogens is 1. The highest BCUT2D eigenvalue weighted by molar-refractivity contribution is 7.09. The highest BCUT2D eigenvalue weighted by Crippen LogP contribution is 2.22. The molecular formula is C22H18N2O5S. The molecule has 0 bridgehead atoms. The minimum atomic E-state index is -0.607. The number of benzene rings is 2. The van der Waals surface area contributed by atoms with E-state index in [0.717, 1.165) is 16.2 Å². The zero-order chi connectivity index (χ0) is 21.1. The van der Waals surface area contributed by atoms with Gasteiger partial charge in [-0.15, -0.1) is 11.3 Å². The number of amides is 2. The average molecular weight is 422 g/mol. The van der Waals surface area contributed by atoms with Crippen LogP contribution in [0.25, 0.3) is 0 Å².